The largest absolute Gasteiger partial charge is 0.509 e. The molecular formula is C6H10ClNO6. The van der Waals surface area contributed by atoms with E-state index in [4.69, 9.17) is 11.6 Å². The molecule has 0 N–H and O–H groups in total. The molecule has 1 atom stereocenters. The van der Waals surface area contributed by atoms with Gasteiger partial charge in [-0.25, -0.2) is 4.79 Å². The molecule has 0 saturated carbocycles. The molecular weight excluding hydrogens is 218 g/mol. The van der Waals surface area contributed by atoms with Crippen LogP contribution >= 0.6 is 11.6 Å². The highest BCUT2D eigenvalue weighted by Gasteiger charge is 2.08. The van der Waals surface area contributed by atoms with Crippen LogP contribution in [0.25, 0.3) is 0 Å². The molecule has 0 aromatic rings. The molecule has 0 radical (unpaired) electrons. The van der Waals surface area contributed by atoms with Crippen LogP contribution in [0.15, 0.2) is 0 Å². The Morgan fingerprint density at radius 1 is 1.57 bits per heavy atom. The number of carbonyl (C=O) groups is 1. The topological polar surface area (TPSA) is 87.9 Å². The molecule has 0 saturated heterocycles. The van der Waals surface area contributed by atoms with Gasteiger partial charge in [0.2, 0.25) is 0 Å². The zero-order valence-corrected chi connectivity index (χ0v) is 8.23. The van der Waals surface area contributed by atoms with E-state index in [0.29, 0.717) is 0 Å². The summed E-state index contributed by atoms with van der Waals surface area (Å²) >= 11 is 5.07. The summed E-state index contributed by atoms with van der Waals surface area (Å²) in [6.07, 6.45) is -1.33. The molecule has 0 bridgehead atoms. The van der Waals surface area contributed by atoms with Crippen LogP contribution in [0.1, 0.15) is 13.3 Å². The van der Waals surface area contributed by atoms with Gasteiger partial charge >= 0.3 is 6.16 Å². The van der Waals surface area contributed by atoms with E-state index in [1.807, 2.05) is 0 Å². The van der Waals surface area contributed by atoms with E-state index in [1.165, 1.54) is 6.92 Å². The van der Waals surface area contributed by atoms with Crippen LogP contribution in [0.3, 0.4) is 0 Å². The van der Waals surface area contributed by atoms with Crippen LogP contribution in [0.5, 0.6) is 0 Å². The van der Waals surface area contributed by atoms with E-state index >= 15 is 0 Å². The summed E-state index contributed by atoms with van der Waals surface area (Å²) < 4.78 is 8.72. The predicted octanol–water partition coefficient (Wildman–Crippen LogP) is 1.32. The van der Waals surface area contributed by atoms with Crippen LogP contribution in [0.2, 0.25) is 0 Å². The smallest absolute Gasteiger partial charge is 0.434 e. The summed E-state index contributed by atoms with van der Waals surface area (Å²) in [6.45, 7) is 1.46. The molecule has 0 aromatic heterocycles. The van der Waals surface area contributed by atoms with Gasteiger partial charge in [-0.3, -0.25) is 0 Å². The lowest BCUT2D eigenvalue weighted by atomic mass is 10.3. The molecule has 0 fully saturated rings. The summed E-state index contributed by atoms with van der Waals surface area (Å²) in [5.41, 5.74) is 0. The van der Waals surface area contributed by atoms with Crippen molar-refractivity contribution in [3.05, 3.63) is 10.1 Å². The van der Waals surface area contributed by atoms with E-state index in [9.17, 15) is 14.9 Å². The number of nitrogens with zero attached hydrogens (tertiary/aromatic N) is 1. The molecule has 0 heterocycles. The third-order valence-electron chi connectivity index (χ3n) is 1.18. The predicted molar refractivity (Wildman–Crippen MR) is 45.3 cm³/mol. The standard InChI is InChI=1S/C6H10ClNO6/c1-5(14-8(10)11)2-3-12-6(9)13-4-7/h5H,2-4H2,1H3. The summed E-state index contributed by atoms with van der Waals surface area (Å²) in [7, 11) is 0. The molecule has 0 aromatic carbocycles. The minimum atomic E-state index is -0.909. The van der Waals surface area contributed by atoms with Gasteiger partial charge in [-0.15, -0.1) is 10.1 Å². The first-order chi connectivity index (χ1) is 6.56. The molecule has 0 aliphatic rings. The number of carbonyl (C=O) groups excluding carboxylic acids is 1. The lowest BCUT2D eigenvalue weighted by molar-refractivity contribution is -0.767. The highest BCUT2D eigenvalue weighted by Crippen LogP contribution is 1.98. The fourth-order valence-corrected chi connectivity index (χ4v) is 0.683. The van der Waals surface area contributed by atoms with Crippen molar-refractivity contribution in [2.45, 2.75) is 19.4 Å². The van der Waals surface area contributed by atoms with E-state index in [0.717, 1.165) is 0 Å². The highest BCUT2D eigenvalue weighted by molar-refractivity contribution is 6.17. The Kier molecular flexibility index (Phi) is 6.55. The number of hydrogen-bond donors (Lipinski definition) is 0. The van der Waals surface area contributed by atoms with Crippen molar-refractivity contribution in [3.63, 3.8) is 0 Å². The molecule has 1 unspecified atom stereocenters. The molecule has 7 nitrogen and oxygen atoms in total. The molecule has 8 heteroatoms. The van der Waals surface area contributed by atoms with Crippen molar-refractivity contribution in [3.8, 4) is 0 Å². The first-order valence-electron chi connectivity index (χ1n) is 3.73. The van der Waals surface area contributed by atoms with E-state index in [2.05, 4.69) is 14.3 Å². The van der Waals surface area contributed by atoms with Gasteiger partial charge in [0, 0.05) is 6.42 Å². The highest BCUT2D eigenvalue weighted by atomic mass is 35.5. The molecule has 0 amide bonds. The maximum Gasteiger partial charge on any atom is 0.509 e. The molecule has 0 spiro atoms. The van der Waals surface area contributed by atoms with Gasteiger partial charge in [-0.05, 0) is 6.92 Å². The maximum absolute atomic E-state index is 10.5. The second-order valence-electron chi connectivity index (χ2n) is 2.28. The number of ether oxygens (including phenoxy) is 2. The van der Waals surface area contributed by atoms with Crippen molar-refractivity contribution in [2.75, 3.05) is 12.7 Å². The Morgan fingerprint density at radius 2 is 2.21 bits per heavy atom. The van der Waals surface area contributed by atoms with Crippen molar-refractivity contribution in [2.24, 2.45) is 0 Å². The van der Waals surface area contributed by atoms with Crippen LogP contribution < -0.4 is 0 Å². The fraction of sp³-hybridized carbons (Fsp3) is 0.833. The van der Waals surface area contributed by atoms with E-state index in [-0.39, 0.29) is 19.1 Å². The van der Waals surface area contributed by atoms with Crippen molar-refractivity contribution < 1.29 is 24.2 Å². The van der Waals surface area contributed by atoms with Crippen LogP contribution in [0.4, 0.5) is 4.79 Å². The van der Waals surface area contributed by atoms with Crippen molar-refractivity contribution in [1.82, 2.24) is 0 Å². The zero-order chi connectivity index (χ0) is 11.0. The summed E-state index contributed by atoms with van der Waals surface area (Å²) in [5.74, 6) is 0. The van der Waals surface area contributed by atoms with E-state index < -0.39 is 17.3 Å². The third-order valence-corrected chi connectivity index (χ3v) is 1.29. The summed E-state index contributed by atoms with van der Waals surface area (Å²) in [5, 5.41) is 8.94. The SMILES string of the molecule is CC(CCOC(=O)OCCl)O[N+](=O)[O-]. The second-order valence-corrected chi connectivity index (χ2v) is 2.50. The quantitative estimate of drug-likeness (QED) is 0.294. The van der Waals surface area contributed by atoms with Gasteiger partial charge in [0.15, 0.2) is 6.07 Å². The first-order valence-corrected chi connectivity index (χ1v) is 4.26. The van der Waals surface area contributed by atoms with Gasteiger partial charge < -0.3 is 14.3 Å². The average molecular weight is 228 g/mol. The lowest BCUT2D eigenvalue weighted by Gasteiger charge is -2.08. The second kappa shape index (κ2) is 7.19. The Morgan fingerprint density at radius 3 is 2.71 bits per heavy atom. The molecule has 14 heavy (non-hydrogen) atoms. The maximum atomic E-state index is 10.5. The van der Waals surface area contributed by atoms with Gasteiger partial charge in [-0.2, -0.15) is 0 Å². The average Bonchev–Trinajstić information content (AvgIpc) is 2.02. The fourth-order valence-electron chi connectivity index (χ4n) is 0.594. The summed E-state index contributed by atoms with van der Waals surface area (Å²) in [6, 6.07) is -0.292. The van der Waals surface area contributed by atoms with E-state index in [1.54, 1.807) is 0 Å². The third kappa shape index (κ3) is 7.41. The first kappa shape index (κ1) is 12.8. The lowest BCUT2D eigenvalue weighted by Crippen LogP contribution is -2.17. The Hall–Kier alpha value is -1.24. The molecule has 0 aliphatic carbocycles. The van der Waals surface area contributed by atoms with Gasteiger partial charge in [0.05, 0.1) is 6.61 Å². The number of hydrogen-bond acceptors (Lipinski definition) is 6. The minimum absolute atomic E-state index is 0.0231. The van der Waals surface area contributed by atoms with Gasteiger partial charge in [0.1, 0.15) is 6.10 Å². The monoisotopic (exact) mass is 227 g/mol. The number of halogens is 1. The number of rotatable bonds is 6. The summed E-state index contributed by atoms with van der Waals surface area (Å²) in [4.78, 5) is 24.5. The Bertz CT molecular complexity index is 199. The minimum Gasteiger partial charge on any atom is -0.434 e. The molecule has 0 aliphatic heterocycles. The van der Waals surface area contributed by atoms with Crippen LogP contribution in [-0.2, 0) is 14.3 Å². The van der Waals surface area contributed by atoms with Gasteiger partial charge in [-0.1, -0.05) is 11.6 Å². The van der Waals surface area contributed by atoms with Crippen molar-refractivity contribution >= 4 is 17.8 Å². The Labute approximate surface area is 85.0 Å². The zero-order valence-electron chi connectivity index (χ0n) is 7.47. The number of alkyl halides is 1. The molecule has 82 valence electrons. The Balaban J connectivity index is 3.43. The molecule has 0 rings (SSSR count). The van der Waals surface area contributed by atoms with Gasteiger partial charge in [0.25, 0.3) is 5.09 Å². The van der Waals surface area contributed by atoms with Crippen LogP contribution in [-0.4, -0.2) is 30.0 Å². The van der Waals surface area contributed by atoms with Crippen LogP contribution in [0, 0.1) is 10.1 Å². The normalized spacial score (nSPS) is 11.6. The van der Waals surface area contributed by atoms with Crippen molar-refractivity contribution in [1.29, 1.82) is 0 Å².